The minimum absolute atomic E-state index is 0.117. The fraction of sp³-hybridized carbons (Fsp3) is 0.238. The van der Waals surface area contributed by atoms with E-state index in [1.54, 1.807) is 16.4 Å². The zero-order chi connectivity index (χ0) is 20.3. The molecule has 146 valence electrons. The van der Waals surface area contributed by atoms with Crippen LogP contribution in [0, 0.1) is 13.8 Å². The molecule has 2 aromatic carbocycles. The predicted octanol–water partition coefficient (Wildman–Crippen LogP) is 6.55. The Kier molecular flexibility index (Phi) is 6.70. The summed E-state index contributed by atoms with van der Waals surface area (Å²) in [5, 5.41) is 8.80. The number of anilines is 1. The van der Waals surface area contributed by atoms with Gasteiger partial charge in [-0.25, -0.2) is 0 Å². The first-order chi connectivity index (χ1) is 13.4. The van der Waals surface area contributed by atoms with E-state index in [9.17, 15) is 4.79 Å². The van der Waals surface area contributed by atoms with Crippen molar-refractivity contribution < 1.29 is 4.79 Å². The number of carbonyl (C=O) groups is 1. The molecule has 0 aliphatic carbocycles. The van der Waals surface area contributed by atoms with Crippen LogP contribution in [-0.2, 0) is 4.79 Å². The molecule has 0 aliphatic rings. The van der Waals surface area contributed by atoms with Gasteiger partial charge in [-0.3, -0.25) is 9.48 Å². The van der Waals surface area contributed by atoms with Crippen LogP contribution in [0.2, 0.25) is 10.0 Å². The highest BCUT2D eigenvalue weighted by Crippen LogP contribution is 2.34. The number of rotatable bonds is 6. The lowest BCUT2D eigenvalue weighted by molar-refractivity contribution is -0.119. The summed E-state index contributed by atoms with van der Waals surface area (Å²) < 4.78 is 1.71. The van der Waals surface area contributed by atoms with Gasteiger partial charge < -0.3 is 5.32 Å². The quantitative estimate of drug-likeness (QED) is 0.479. The van der Waals surface area contributed by atoms with Crippen molar-refractivity contribution in [2.24, 2.45) is 0 Å². The third-order valence-electron chi connectivity index (χ3n) is 4.41. The Balaban J connectivity index is 1.83. The van der Waals surface area contributed by atoms with Crippen molar-refractivity contribution in [3.05, 3.63) is 70.0 Å². The minimum atomic E-state index is -0.431. The average molecular weight is 434 g/mol. The molecule has 0 aliphatic heterocycles. The van der Waals surface area contributed by atoms with Gasteiger partial charge in [0, 0.05) is 14.8 Å². The second-order valence-corrected chi connectivity index (χ2v) is 8.32. The summed E-state index contributed by atoms with van der Waals surface area (Å²) in [5.74, 6) is -0.117. The molecule has 1 amide bonds. The number of carbonyl (C=O) groups excluding carboxylic acids is 1. The van der Waals surface area contributed by atoms with Gasteiger partial charge in [-0.1, -0.05) is 54.0 Å². The smallest absolute Gasteiger partial charge is 0.249 e. The van der Waals surface area contributed by atoms with Gasteiger partial charge in [-0.2, -0.15) is 5.10 Å². The topological polar surface area (TPSA) is 46.9 Å². The van der Waals surface area contributed by atoms with Crippen LogP contribution in [0.1, 0.15) is 30.8 Å². The van der Waals surface area contributed by atoms with Crippen molar-refractivity contribution in [1.82, 2.24) is 9.78 Å². The lowest BCUT2D eigenvalue weighted by atomic mass is 10.2. The summed E-state index contributed by atoms with van der Waals surface area (Å²) in [6.45, 7) is 5.68. The SMILES string of the molecule is CCC(C(=O)Nc1ccccc1Sc1ccc(Cl)cc1)n1nc(C)c(Cl)c1C. The Bertz CT molecular complexity index is 986. The lowest BCUT2D eigenvalue weighted by Crippen LogP contribution is -2.27. The maximum absolute atomic E-state index is 13.0. The van der Waals surface area contributed by atoms with Crippen molar-refractivity contribution in [3.8, 4) is 0 Å². The molecule has 1 N–H and O–H groups in total. The fourth-order valence-electron chi connectivity index (χ4n) is 2.92. The van der Waals surface area contributed by atoms with Crippen LogP contribution >= 0.6 is 35.0 Å². The van der Waals surface area contributed by atoms with Crippen molar-refractivity contribution in [1.29, 1.82) is 0 Å². The van der Waals surface area contributed by atoms with E-state index in [0.717, 1.165) is 26.9 Å². The Morgan fingerprint density at radius 2 is 1.82 bits per heavy atom. The van der Waals surface area contributed by atoms with Gasteiger partial charge in [0.2, 0.25) is 5.91 Å². The molecule has 1 unspecified atom stereocenters. The highest BCUT2D eigenvalue weighted by atomic mass is 35.5. The normalized spacial score (nSPS) is 12.0. The van der Waals surface area contributed by atoms with Crippen LogP contribution in [0.4, 0.5) is 5.69 Å². The number of nitrogens with one attached hydrogen (secondary N) is 1. The fourth-order valence-corrected chi connectivity index (χ4v) is 4.07. The Hall–Kier alpha value is -1.95. The van der Waals surface area contributed by atoms with Crippen molar-refractivity contribution >= 4 is 46.6 Å². The monoisotopic (exact) mass is 433 g/mol. The molecule has 0 saturated heterocycles. The number of hydrogen-bond acceptors (Lipinski definition) is 3. The Labute approximate surface area is 179 Å². The molecule has 0 fully saturated rings. The van der Waals surface area contributed by atoms with Gasteiger partial charge >= 0.3 is 0 Å². The van der Waals surface area contributed by atoms with E-state index in [4.69, 9.17) is 23.2 Å². The number of halogens is 2. The lowest BCUT2D eigenvalue weighted by Gasteiger charge is -2.18. The Morgan fingerprint density at radius 3 is 2.43 bits per heavy atom. The standard InChI is InChI=1S/C21H21Cl2N3OS/c1-4-18(26-14(3)20(23)13(2)25-26)21(27)24-17-7-5-6-8-19(17)28-16-11-9-15(22)10-12-16/h5-12,18H,4H2,1-3H3,(H,24,27). The third kappa shape index (κ3) is 4.54. The molecule has 28 heavy (non-hydrogen) atoms. The van der Waals surface area contributed by atoms with Gasteiger partial charge in [0.25, 0.3) is 0 Å². The van der Waals surface area contributed by atoms with Crippen molar-refractivity contribution in [2.75, 3.05) is 5.32 Å². The van der Waals surface area contributed by atoms with E-state index >= 15 is 0 Å². The second kappa shape index (κ2) is 9.03. The summed E-state index contributed by atoms with van der Waals surface area (Å²) in [4.78, 5) is 15.0. The summed E-state index contributed by atoms with van der Waals surface area (Å²) in [7, 11) is 0. The summed E-state index contributed by atoms with van der Waals surface area (Å²) in [6.07, 6.45) is 0.608. The zero-order valence-electron chi connectivity index (χ0n) is 15.9. The predicted molar refractivity (Wildman–Crippen MR) is 117 cm³/mol. The Morgan fingerprint density at radius 1 is 1.14 bits per heavy atom. The average Bonchev–Trinajstić information content (AvgIpc) is 2.93. The molecule has 0 radical (unpaired) electrons. The molecule has 1 atom stereocenters. The molecule has 0 spiro atoms. The van der Waals surface area contributed by atoms with E-state index < -0.39 is 6.04 Å². The maximum atomic E-state index is 13.0. The molecule has 1 aromatic heterocycles. The first-order valence-electron chi connectivity index (χ1n) is 8.95. The number of nitrogens with zero attached hydrogens (tertiary/aromatic N) is 2. The summed E-state index contributed by atoms with van der Waals surface area (Å²) >= 11 is 13.8. The first-order valence-corrected chi connectivity index (χ1v) is 10.5. The molecule has 1 heterocycles. The van der Waals surface area contributed by atoms with E-state index in [1.165, 1.54) is 0 Å². The molecular formula is C21H21Cl2N3OS. The van der Waals surface area contributed by atoms with Gasteiger partial charge in [-0.15, -0.1) is 0 Å². The number of aryl methyl sites for hydroxylation is 1. The van der Waals surface area contributed by atoms with Crippen LogP contribution < -0.4 is 5.32 Å². The zero-order valence-corrected chi connectivity index (χ0v) is 18.2. The largest absolute Gasteiger partial charge is 0.323 e. The van der Waals surface area contributed by atoms with Crippen molar-refractivity contribution in [3.63, 3.8) is 0 Å². The number of hydrogen-bond donors (Lipinski definition) is 1. The van der Waals surface area contributed by atoms with Gasteiger partial charge in [0.1, 0.15) is 6.04 Å². The number of amides is 1. The van der Waals surface area contributed by atoms with Gasteiger partial charge in [-0.05, 0) is 56.7 Å². The number of para-hydroxylation sites is 1. The molecule has 3 rings (SSSR count). The third-order valence-corrected chi connectivity index (χ3v) is 6.29. The van der Waals surface area contributed by atoms with Crippen LogP contribution in [-0.4, -0.2) is 15.7 Å². The summed E-state index contributed by atoms with van der Waals surface area (Å²) in [6, 6.07) is 14.9. The summed E-state index contributed by atoms with van der Waals surface area (Å²) in [5.41, 5.74) is 2.28. The molecular weight excluding hydrogens is 413 g/mol. The van der Waals surface area contributed by atoms with Crippen LogP contribution in [0.3, 0.4) is 0 Å². The highest BCUT2D eigenvalue weighted by molar-refractivity contribution is 7.99. The molecule has 4 nitrogen and oxygen atoms in total. The van der Waals surface area contributed by atoms with Crippen LogP contribution in [0.5, 0.6) is 0 Å². The number of benzene rings is 2. The second-order valence-electron chi connectivity index (χ2n) is 6.39. The molecule has 7 heteroatoms. The van der Waals surface area contributed by atoms with E-state index in [0.29, 0.717) is 16.5 Å². The van der Waals surface area contributed by atoms with Gasteiger partial charge in [0.15, 0.2) is 0 Å². The minimum Gasteiger partial charge on any atom is -0.323 e. The van der Waals surface area contributed by atoms with E-state index in [1.807, 2.05) is 69.3 Å². The van der Waals surface area contributed by atoms with Crippen LogP contribution in [0.15, 0.2) is 58.3 Å². The maximum Gasteiger partial charge on any atom is 0.249 e. The molecule has 0 saturated carbocycles. The highest BCUT2D eigenvalue weighted by Gasteiger charge is 2.24. The number of aromatic nitrogens is 2. The molecule has 0 bridgehead atoms. The molecule has 3 aromatic rings. The van der Waals surface area contributed by atoms with E-state index in [2.05, 4.69) is 10.4 Å². The first kappa shape index (κ1) is 20.8. The van der Waals surface area contributed by atoms with Crippen LogP contribution in [0.25, 0.3) is 0 Å². The van der Waals surface area contributed by atoms with Crippen molar-refractivity contribution in [2.45, 2.75) is 43.0 Å². The van der Waals surface area contributed by atoms with Gasteiger partial charge in [0.05, 0.1) is 22.1 Å². The van der Waals surface area contributed by atoms with E-state index in [-0.39, 0.29) is 5.91 Å².